The van der Waals surface area contributed by atoms with Crippen molar-refractivity contribution in [3.05, 3.63) is 53.4 Å². The van der Waals surface area contributed by atoms with Crippen LogP contribution in [0.4, 0.5) is 5.69 Å². The minimum atomic E-state index is -0.0727. The molecule has 0 fully saturated rings. The van der Waals surface area contributed by atoms with Crippen LogP contribution in [0.25, 0.3) is 11.4 Å². The van der Waals surface area contributed by atoms with E-state index in [1.165, 1.54) is 0 Å². The molecule has 7 heteroatoms. The number of benzene rings is 2. The molecular weight excluding hydrogens is 382 g/mol. The van der Waals surface area contributed by atoms with E-state index >= 15 is 0 Å². The quantitative estimate of drug-likeness (QED) is 0.562. The van der Waals surface area contributed by atoms with E-state index in [1.807, 2.05) is 24.3 Å². The van der Waals surface area contributed by atoms with Gasteiger partial charge < -0.3 is 19.3 Å². The zero-order chi connectivity index (χ0) is 21.5. The molecule has 2 aromatic carbocycles. The fourth-order valence-corrected chi connectivity index (χ4v) is 3.27. The number of carbonyl (C=O) groups is 1. The van der Waals surface area contributed by atoms with Crippen molar-refractivity contribution in [2.24, 2.45) is 0 Å². The second kappa shape index (κ2) is 9.91. The fraction of sp³-hybridized carbons (Fsp3) is 0.348. The van der Waals surface area contributed by atoms with Crippen LogP contribution in [0.5, 0.6) is 11.5 Å². The van der Waals surface area contributed by atoms with Gasteiger partial charge in [0, 0.05) is 24.1 Å². The molecule has 7 nitrogen and oxygen atoms in total. The highest BCUT2D eigenvalue weighted by atomic mass is 16.5. The first-order valence-electron chi connectivity index (χ1n) is 10.0. The third-order valence-electron chi connectivity index (χ3n) is 4.94. The number of nitrogens with one attached hydrogen (secondary N) is 1. The van der Waals surface area contributed by atoms with Crippen LogP contribution in [-0.4, -0.2) is 30.3 Å². The number of ether oxygens (including phenoxy) is 2. The Balaban J connectivity index is 1.66. The molecule has 158 valence electrons. The van der Waals surface area contributed by atoms with E-state index in [0.29, 0.717) is 29.6 Å². The summed E-state index contributed by atoms with van der Waals surface area (Å²) in [5.41, 5.74) is 3.94. The minimum Gasteiger partial charge on any atom is -0.493 e. The minimum absolute atomic E-state index is 0.0727. The molecule has 1 aromatic heterocycles. The van der Waals surface area contributed by atoms with Crippen LogP contribution in [0.15, 0.2) is 40.9 Å². The number of hydrogen-bond donors (Lipinski definition) is 1. The van der Waals surface area contributed by atoms with Gasteiger partial charge in [0.05, 0.1) is 14.2 Å². The Labute approximate surface area is 176 Å². The normalized spacial score (nSPS) is 10.7. The highest BCUT2D eigenvalue weighted by Gasteiger charge is 2.15. The molecule has 0 spiro atoms. The van der Waals surface area contributed by atoms with E-state index in [2.05, 4.69) is 29.3 Å². The summed E-state index contributed by atoms with van der Waals surface area (Å²) in [6.07, 6.45) is 2.35. The van der Waals surface area contributed by atoms with Gasteiger partial charge in [-0.05, 0) is 42.2 Å². The molecule has 1 heterocycles. The van der Waals surface area contributed by atoms with E-state index in [0.717, 1.165) is 35.2 Å². The Kier molecular flexibility index (Phi) is 7.06. The van der Waals surface area contributed by atoms with Crippen molar-refractivity contribution in [1.82, 2.24) is 10.1 Å². The summed E-state index contributed by atoms with van der Waals surface area (Å²) in [6.45, 7) is 4.16. The van der Waals surface area contributed by atoms with Crippen molar-refractivity contribution in [3.63, 3.8) is 0 Å². The Morgan fingerprint density at radius 3 is 2.37 bits per heavy atom. The Hall–Kier alpha value is -3.35. The van der Waals surface area contributed by atoms with Crippen molar-refractivity contribution >= 4 is 11.6 Å². The van der Waals surface area contributed by atoms with E-state index in [1.54, 1.807) is 26.4 Å². The lowest BCUT2D eigenvalue weighted by molar-refractivity contribution is -0.116. The van der Waals surface area contributed by atoms with Gasteiger partial charge in [-0.25, -0.2) is 0 Å². The van der Waals surface area contributed by atoms with Crippen molar-refractivity contribution < 1.29 is 18.8 Å². The number of hydrogen-bond acceptors (Lipinski definition) is 6. The van der Waals surface area contributed by atoms with E-state index in [-0.39, 0.29) is 12.3 Å². The number of nitrogens with zero attached hydrogens (tertiary/aromatic N) is 2. The van der Waals surface area contributed by atoms with Gasteiger partial charge in [0.2, 0.25) is 17.6 Å². The molecule has 0 saturated heterocycles. The van der Waals surface area contributed by atoms with E-state index in [9.17, 15) is 4.79 Å². The largest absolute Gasteiger partial charge is 0.493 e. The Morgan fingerprint density at radius 2 is 1.73 bits per heavy atom. The standard InChI is InChI=1S/C23H27N3O4/c1-5-15-8-7-9-16(6-2)22(15)24-20(27)12-13-21-25-23(26-30-21)17-10-11-18(28-3)19(14-17)29-4/h7-11,14H,5-6,12-13H2,1-4H3,(H,24,27). The summed E-state index contributed by atoms with van der Waals surface area (Å²) in [7, 11) is 3.15. The van der Waals surface area contributed by atoms with E-state index in [4.69, 9.17) is 14.0 Å². The number of methoxy groups -OCH3 is 2. The maximum absolute atomic E-state index is 12.5. The van der Waals surface area contributed by atoms with Crippen molar-refractivity contribution in [1.29, 1.82) is 0 Å². The summed E-state index contributed by atoms with van der Waals surface area (Å²) in [5.74, 6) is 1.99. The first kappa shape index (κ1) is 21.4. The van der Waals surface area contributed by atoms with Gasteiger partial charge in [-0.15, -0.1) is 0 Å². The van der Waals surface area contributed by atoms with Crippen molar-refractivity contribution in [2.75, 3.05) is 19.5 Å². The zero-order valence-corrected chi connectivity index (χ0v) is 17.8. The molecular formula is C23H27N3O4. The third kappa shape index (κ3) is 4.79. The summed E-state index contributed by atoms with van der Waals surface area (Å²) in [5, 5.41) is 7.08. The lowest BCUT2D eigenvalue weighted by Crippen LogP contribution is -2.15. The fourth-order valence-electron chi connectivity index (χ4n) is 3.27. The third-order valence-corrected chi connectivity index (χ3v) is 4.94. The maximum Gasteiger partial charge on any atom is 0.227 e. The molecule has 0 unspecified atom stereocenters. The van der Waals surface area contributed by atoms with Crippen molar-refractivity contribution in [2.45, 2.75) is 39.5 Å². The molecule has 0 aliphatic carbocycles. The summed E-state index contributed by atoms with van der Waals surface area (Å²) in [6, 6.07) is 11.5. The van der Waals surface area contributed by atoms with Crippen LogP contribution in [0, 0.1) is 0 Å². The van der Waals surface area contributed by atoms with Crippen molar-refractivity contribution in [3.8, 4) is 22.9 Å². The first-order valence-corrected chi connectivity index (χ1v) is 10.0. The van der Waals surface area contributed by atoms with Crippen LogP contribution in [0.3, 0.4) is 0 Å². The van der Waals surface area contributed by atoms with Crippen LogP contribution >= 0.6 is 0 Å². The number of rotatable bonds is 9. The molecule has 0 aliphatic heterocycles. The summed E-state index contributed by atoms with van der Waals surface area (Å²) < 4.78 is 15.9. The number of carbonyl (C=O) groups excluding carboxylic acids is 1. The molecule has 0 radical (unpaired) electrons. The summed E-state index contributed by atoms with van der Waals surface area (Å²) in [4.78, 5) is 16.9. The van der Waals surface area contributed by atoms with Crippen LogP contribution in [0.1, 0.15) is 37.3 Å². The molecule has 1 amide bonds. The van der Waals surface area contributed by atoms with Gasteiger partial charge in [0.25, 0.3) is 0 Å². The van der Waals surface area contributed by atoms with Gasteiger partial charge >= 0.3 is 0 Å². The molecule has 0 aliphatic rings. The average molecular weight is 409 g/mol. The second-order valence-corrected chi connectivity index (χ2v) is 6.79. The molecule has 0 atom stereocenters. The van der Waals surface area contributed by atoms with Gasteiger partial charge in [-0.1, -0.05) is 37.2 Å². The second-order valence-electron chi connectivity index (χ2n) is 6.79. The van der Waals surface area contributed by atoms with Crippen LogP contribution < -0.4 is 14.8 Å². The number of aromatic nitrogens is 2. The number of anilines is 1. The molecule has 3 rings (SSSR count). The lowest BCUT2D eigenvalue weighted by Gasteiger charge is -2.14. The highest BCUT2D eigenvalue weighted by Crippen LogP contribution is 2.31. The zero-order valence-electron chi connectivity index (χ0n) is 17.8. The Bertz CT molecular complexity index is 991. The van der Waals surface area contributed by atoms with Gasteiger partial charge in [-0.3, -0.25) is 4.79 Å². The topological polar surface area (TPSA) is 86.5 Å². The number of para-hydroxylation sites is 1. The number of amides is 1. The van der Waals surface area contributed by atoms with Gasteiger partial charge in [0.15, 0.2) is 11.5 Å². The van der Waals surface area contributed by atoms with Crippen LogP contribution in [0.2, 0.25) is 0 Å². The average Bonchev–Trinajstić information content (AvgIpc) is 3.26. The molecule has 30 heavy (non-hydrogen) atoms. The smallest absolute Gasteiger partial charge is 0.227 e. The molecule has 3 aromatic rings. The first-order chi connectivity index (χ1) is 14.6. The van der Waals surface area contributed by atoms with Crippen LogP contribution in [-0.2, 0) is 24.1 Å². The lowest BCUT2D eigenvalue weighted by atomic mass is 10.0. The molecule has 1 N–H and O–H groups in total. The highest BCUT2D eigenvalue weighted by molar-refractivity contribution is 5.92. The van der Waals surface area contributed by atoms with Gasteiger partial charge in [-0.2, -0.15) is 4.98 Å². The molecule has 0 saturated carbocycles. The van der Waals surface area contributed by atoms with E-state index < -0.39 is 0 Å². The Morgan fingerprint density at radius 1 is 1.03 bits per heavy atom. The number of aryl methyl sites for hydroxylation is 3. The molecule has 0 bridgehead atoms. The predicted molar refractivity (Wildman–Crippen MR) is 115 cm³/mol. The maximum atomic E-state index is 12.5. The predicted octanol–water partition coefficient (Wildman–Crippen LogP) is 4.45. The monoisotopic (exact) mass is 409 g/mol. The van der Waals surface area contributed by atoms with Gasteiger partial charge in [0.1, 0.15) is 0 Å². The summed E-state index contributed by atoms with van der Waals surface area (Å²) >= 11 is 0. The SMILES string of the molecule is CCc1cccc(CC)c1NC(=O)CCc1nc(-c2ccc(OC)c(OC)c2)no1.